The van der Waals surface area contributed by atoms with Gasteiger partial charge in [-0.15, -0.1) is 0 Å². The normalized spacial score (nSPS) is 10.1. The van der Waals surface area contributed by atoms with Gasteiger partial charge in [0, 0.05) is 6.54 Å². The Balaban J connectivity index is 3.04. The summed E-state index contributed by atoms with van der Waals surface area (Å²) in [4.78, 5) is 0. The van der Waals surface area contributed by atoms with E-state index in [0.29, 0.717) is 6.54 Å². The van der Waals surface area contributed by atoms with Crippen LogP contribution >= 0.6 is 0 Å². The summed E-state index contributed by atoms with van der Waals surface area (Å²) in [5.74, 6) is -2.14. The molecule has 0 bridgehead atoms. The highest BCUT2D eigenvalue weighted by atomic mass is 19.2. The maximum atomic E-state index is 12.2. The minimum absolute atomic E-state index is 0.294. The fraction of sp³-hybridized carbons (Fsp3) is 0.500. The summed E-state index contributed by atoms with van der Waals surface area (Å²) in [7, 11) is 0. The zero-order valence-corrected chi connectivity index (χ0v) is 4.80. The van der Waals surface area contributed by atoms with Crippen molar-refractivity contribution in [2.75, 3.05) is 0 Å². The second-order valence-corrected chi connectivity index (χ2v) is 1.49. The van der Waals surface area contributed by atoms with E-state index >= 15 is 0 Å². The van der Waals surface area contributed by atoms with Crippen LogP contribution in [0.5, 0.6) is 0 Å². The molecule has 1 heterocycles. The molecule has 1 aromatic rings. The van der Waals surface area contributed by atoms with E-state index in [1.807, 2.05) is 0 Å². The molecular weight excluding hydrogens is 128 g/mol. The van der Waals surface area contributed by atoms with Crippen LogP contribution in [0, 0.1) is 11.9 Å². The molecule has 5 heteroatoms. The summed E-state index contributed by atoms with van der Waals surface area (Å²) in [5, 5.41) is 6.01. The number of rotatable bonds is 1. The van der Waals surface area contributed by atoms with Crippen LogP contribution in [0.3, 0.4) is 0 Å². The monoisotopic (exact) mass is 133 g/mol. The van der Waals surface area contributed by atoms with E-state index < -0.39 is 11.9 Å². The fourth-order valence-corrected chi connectivity index (χ4v) is 0.482. The molecule has 0 spiro atoms. The predicted molar refractivity (Wildman–Crippen MR) is 25.6 cm³/mol. The van der Waals surface area contributed by atoms with Crippen molar-refractivity contribution in [3.8, 4) is 0 Å². The van der Waals surface area contributed by atoms with Crippen LogP contribution in [0.4, 0.5) is 8.78 Å². The van der Waals surface area contributed by atoms with Crippen molar-refractivity contribution in [2.45, 2.75) is 13.5 Å². The summed E-state index contributed by atoms with van der Waals surface area (Å²) >= 11 is 0. The van der Waals surface area contributed by atoms with Gasteiger partial charge in [-0.3, -0.25) is 0 Å². The largest absolute Gasteiger partial charge is 0.289 e. The lowest BCUT2D eigenvalue weighted by Gasteiger charge is -1.89. The summed E-state index contributed by atoms with van der Waals surface area (Å²) in [6.07, 6.45) is 0. The number of nitrogens with zero attached hydrogens (tertiary/aromatic N) is 3. The van der Waals surface area contributed by atoms with Crippen LogP contribution in [0.25, 0.3) is 0 Å². The second-order valence-electron chi connectivity index (χ2n) is 1.49. The van der Waals surface area contributed by atoms with Crippen molar-refractivity contribution in [3.05, 3.63) is 11.9 Å². The molecule has 0 unspecified atom stereocenters. The molecule has 0 fully saturated rings. The van der Waals surface area contributed by atoms with Gasteiger partial charge in [0.1, 0.15) is 0 Å². The zero-order chi connectivity index (χ0) is 6.85. The summed E-state index contributed by atoms with van der Waals surface area (Å²) in [6.45, 7) is 1.94. The van der Waals surface area contributed by atoms with Crippen LogP contribution in [0.1, 0.15) is 6.92 Å². The zero-order valence-electron chi connectivity index (χ0n) is 4.80. The van der Waals surface area contributed by atoms with Gasteiger partial charge < -0.3 is 0 Å². The lowest BCUT2D eigenvalue weighted by molar-refractivity contribution is 0.426. The Hall–Kier alpha value is -1.00. The Morgan fingerprint density at radius 3 is 2.44 bits per heavy atom. The Bertz CT molecular complexity index is 208. The standard InChI is InChI=1S/C4H5F2N3/c1-2-9-4(6)3(5)7-8-9/h2H2,1H3. The molecule has 0 atom stereocenters. The highest BCUT2D eigenvalue weighted by Crippen LogP contribution is 1.98. The van der Waals surface area contributed by atoms with Gasteiger partial charge in [0.05, 0.1) is 0 Å². The summed E-state index contributed by atoms with van der Waals surface area (Å²) in [6, 6.07) is 0. The SMILES string of the molecule is CCn1nnc(F)c1F. The van der Waals surface area contributed by atoms with Gasteiger partial charge in [-0.25, -0.2) is 4.68 Å². The van der Waals surface area contributed by atoms with Crippen molar-refractivity contribution in [1.82, 2.24) is 15.0 Å². The molecule has 0 aromatic carbocycles. The third kappa shape index (κ3) is 0.893. The van der Waals surface area contributed by atoms with Crippen LogP contribution in [-0.2, 0) is 6.54 Å². The molecular formula is C4H5F2N3. The third-order valence-electron chi connectivity index (χ3n) is 0.937. The van der Waals surface area contributed by atoms with Crippen LogP contribution in [-0.4, -0.2) is 15.0 Å². The number of hydrogen-bond acceptors (Lipinski definition) is 2. The molecule has 0 saturated carbocycles. The van der Waals surface area contributed by atoms with Gasteiger partial charge in [-0.05, 0) is 6.92 Å². The van der Waals surface area contributed by atoms with Gasteiger partial charge >= 0.3 is 0 Å². The van der Waals surface area contributed by atoms with Gasteiger partial charge in [0.15, 0.2) is 0 Å². The predicted octanol–water partition coefficient (Wildman–Crippen LogP) is 0.576. The van der Waals surface area contributed by atoms with Crippen molar-refractivity contribution >= 4 is 0 Å². The summed E-state index contributed by atoms with van der Waals surface area (Å²) < 4.78 is 25.0. The van der Waals surface area contributed by atoms with Crippen molar-refractivity contribution in [3.63, 3.8) is 0 Å². The first kappa shape index (κ1) is 6.12. The molecule has 9 heavy (non-hydrogen) atoms. The molecule has 1 aromatic heterocycles. The minimum Gasteiger partial charge on any atom is -0.217 e. The molecule has 50 valence electrons. The Morgan fingerprint density at radius 2 is 2.22 bits per heavy atom. The van der Waals surface area contributed by atoms with Crippen LogP contribution in [0.15, 0.2) is 0 Å². The number of aryl methyl sites for hydroxylation is 1. The topological polar surface area (TPSA) is 30.7 Å². The maximum absolute atomic E-state index is 12.2. The van der Waals surface area contributed by atoms with Gasteiger partial charge in [-0.2, -0.15) is 8.78 Å². The first-order chi connectivity index (χ1) is 4.25. The van der Waals surface area contributed by atoms with Gasteiger partial charge in [0.2, 0.25) is 0 Å². The van der Waals surface area contributed by atoms with Crippen molar-refractivity contribution in [2.24, 2.45) is 0 Å². The van der Waals surface area contributed by atoms with E-state index in [2.05, 4.69) is 10.3 Å². The molecule has 3 nitrogen and oxygen atoms in total. The lowest BCUT2D eigenvalue weighted by atomic mass is 10.7. The highest BCUT2D eigenvalue weighted by Gasteiger charge is 2.08. The first-order valence-corrected chi connectivity index (χ1v) is 2.50. The van der Waals surface area contributed by atoms with E-state index in [9.17, 15) is 8.78 Å². The molecule has 0 N–H and O–H groups in total. The van der Waals surface area contributed by atoms with Crippen LogP contribution < -0.4 is 0 Å². The highest BCUT2D eigenvalue weighted by molar-refractivity contribution is 4.74. The van der Waals surface area contributed by atoms with E-state index in [0.717, 1.165) is 4.68 Å². The molecule has 0 radical (unpaired) electrons. The average molecular weight is 133 g/mol. The van der Waals surface area contributed by atoms with Crippen molar-refractivity contribution in [1.29, 1.82) is 0 Å². The quantitative estimate of drug-likeness (QED) is 0.560. The second kappa shape index (κ2) is 2.08. The molecule has 0 amide bonds. The van der Waals surface area contributed by atoms with Crippen molar-refractivity contribution < 1.29 is 8.78 Å². The number of hydrogen-bond donors (Lipinski definition) is 0. The Morgan fingerprint density at radius 1 is 1.56 bits per heavy atom. The van der Waals surface area contributed by atoms with E-state index in [-0.39, 0.29) is 0 Å². The fourth-order valence-electron chi connectivity index (χ4n) is 0.482. The summed E-state index contributed by atoms with van der Waals surface area (Å²) in [5.41, 5.74) is 0. The Kier molecular flexibility index (Phi) is 1.42. The van der Waals surface area contributed by atoms with E-state index in [4.69, 9.17) is 0 Å². The first-order valence-electron chi connectivity index (χ1n) is 2.50. The van der Waals surface area contributed by atoms with E-state index in [1.54, 1.807) is 6.92 Å². The smallest absolute Gasteiger partial charge is 0.217 e. The third-order valence-corrected chi connectivity index (χ3v) is 0.937. The van der Waals surface area contributed by atoms with E-state index in [1.165, 1.54) is 0 Å². The number of aromatic nitrogens is 3. The lowest BCUT2D eigenvalue weighted by Crippen LogP contribution is -1.99. The molecule has 0 aliphatic rings. The molecule has 1 rings (SSSR count). The molecule has 0 aliphatic heterocycles. The maximum Gasteiger partial charge on any atom is 0.289 e. The Labute approximate surface area is 50.3 Å². The average Bonchev–Trinajstić information content (AvgIpc) is 2.15. The van der Waals surface area contributed by atoms with Gasteiger partial charge in [-0.1, -0.05) is 10.3 Å². The molecule has 0 saturated heterocycles. The van der Waals surface area contributed by atoms with Crippen LogP contribution in [0.2, 0.25) is 0 Å². The minimum atomic E-state index is -1.14. The molecule has 0 aliphatic carbocycles. The van der Waals surface area contributed by atoms with Gasteiger partial charge in [0.25, 0.3) is 11.9 Å². The number of halogens is 2.